The number of carbonyl (C=O) groups excluding carboxylic acids is 4. The highest BCUT2D eigenvalue weighted by Crippen LogP contribution is 2.65. The van der Waals surface area contributed by atoms with E-state index in [4.69, 9.17) is 0 Å². The topological polar surface area (TPSA) is 83.6 Å². The highest BCUT2D eigenvalue weighted by Gasteiger charge is 2.69. The average molecular weight is 407 g/mol. The molecule has 0 aromatic rings. The van der Waals surface area contributed by atoms with Gasteiger partial charge in [-0.15, -0.1) is 0 Å². The van der Waals surface area contributed by atoms with Gasteiger partial charge in [-0.2, -0.15) is 0 Å². The van der Waals surface area contributed by atoms with Crippen molar-refractivity contribution >= 4 is 23.4 Å². The molecule has 0 aromatic heterocycles. The molecule has 5 atom stereocenters. The number of ketones is 2. The molecule has 0 unspecified atom stereocenters. The Morgan fingerprint density at radius 2 is 1.76 bits per heavy atom. The molecule has 1 N–H and O–H groups in total. The Kier molecular flexibility index (Phi) is 6.65. The monoisotopic (exact) mass is 406 g/mol. The minimum atomic E-state index is -0.808. The van der Waals surface area contributed by atoms with Gasteiger partial charge in [-0.3, -0.25) is 19.2 Å². The predicted octanol–water partition coefficient (Wildman–Crippen LogP) is 2.98. The first kappa shape index (κ1) is 23.6. The van der Waals surface area contributed by atoms with Gasteiger partial charge in [-0.05, 0) is 29.1 Å². The van der Waals surface area contributed by atoms with Gasteiger partial charge in [0.15, 0.2) is 5.78 Å². The first-order valence-corrected chi connectivity index (χ1v) is 10.9. The molecule has 0 spiro atoms. The summed E-state index contributed by atoms with van der Waals surface area (Å²) in [4.78, 5) is 52.2. The predicted molar refractivity (Wildman–Crippen MR) is 112 cm³/mol. The fraction of sp³-hybridized carbons (Fsp3) is 0.826. The number of piperidine rings is 1. The molecule has 0 aromatic carbocycles. The van der Waals surface area contributed by atoms with E-state index in [0.29, 0.717) is 18.9 Å². The Bertz CT molecular complexity index is 691. The van der Waals surface area contributed by atoms with Gasteiger partial charge in [0.1, 0.15) is 6.04 Å². The summed E-state index contributed by atoms with van der Waals surface area (Å²) in [6.45, 7) is 16.1. The summed E-state index contributed by atoms with van der Waals surface area (Å²) in [6, 6.07) is -1.38. The number of nitrogens with zero attached hydrogens (tertiary/aromatic N) is 1. The molecule has 164 valence electrons. The zero-order valence-corrected chi connectivity index (χ0v) is 19.3. The van der Waals surface area contributed by atoms with Gasteiger partial charge < -0.3 is 10.2 Å². The van der Waals surface area contributed by atoms with Crippen LogP contribution in [0.3, 0.4) is 0 Å². The summed E-state index contributed by atoms with van der Waals surface area (Å²) >= 11 is 0. The van der Waals surface area contributed by atoms with Crippen molar-refractivity contribution in [2.45, 2.75) is 86.7 Å². The number of Topliss-reactive ketones (excluding diaryl/α,β-unsaturated/α-hetero) is 2. The maximum Gasteiger partial charge on any atom is 0.243 e. The van der Waals surface area contributed by atoms with Gasteiger partial charge in [-0.25, -0.2) is 0 Å². The first-order chi connectivity index (χ1) is 13.2. The van der Waals surface area contributed by atoms with Crippen molar-refractivity contribution in [2.75, 3.05) is 6.54 Å². The lowest BCUT2D eigenvalue weighted by Gasteiger charge is -2.36. The lowest BCUT2D eigenvalue weighted by atomic mass is 9.81. The van der Waals surface area contributed by atoms with E-state index in [1.165, 1.54) is 6.92 Å². The fourth-order valence-electron chi connectivity index (χ4n) is 4.61. The molecule has 1 saturated heterocycles. The van der Waals surface area contributed by atoms with E-state index in [0.717, 1.165) is 12.8 Å². The standard InChI is InChI=1S/C23H38N2O4/c1-9-10-11-16(19(27)14(3)26)24-20(28)18-17-15(23(17,7)8)12-25(18)21(29)13(2)22(4,5)6/h13,15-18H,9-12H2,1-8H3,(H,24,28)/t13-,15+,16+,17+,18+/m1/s1. The number of amides is 2. The first-order valence-electron chi connectivity index (χ1n) is 10.9. The zero-order chi connectivity index (χ0) is 22.3. The van der Waals surface area contributed by atoms with Crippen molar-refractivity contribution in [3.8, 4) is 0 Å². The van der Waals surface area contributed by atoms with Crippen LogP contribution in [0.4, 0.5) is 0 Å². The molecular weight excluding hydrogens is 368 g/mol. The largest absolute Gasteiger partial charge is 0.344 e. The van der Waals surface area contributed by atoms with Gasteiger partial charge in [0, 0.05) is 19.4 Å². The van der Waals surface area contributed by atoms with Gasteiger partial charge in [-0.1, -0.05) is 61.3 Å². The van der Waals surface area contributed by atoms with E-state index < -0.39 is 23.7 Å². The number of fused-ring (bicyclic) bond motifs is 1. The van der Waals surface area contributed by atoms with Crippen molar-refractivity contribution < 1.29 is 19.2 Å². The summed E-state index contributed by atoms with van der Waals surface area (Å²) in [5, 5.41) is 2.83. The number of likely N-dealkylation sites (tertiary alicyclic amines) is 1. The molecule has 1 aliphatic heterocycles. The highest BCUT2D eigenvalue weighted by molar-refractivity contribution is 6.38. The molecule has 2 amide bonds. The van der Waals surface area contributed by atoms with Gasteiger partial charge >= 0.3 is 0 Å². The van der Waals surface area contributed by atoms with Crippen molar-refractivity contribution in [2.24, 2.45) is 28.6 Å². The summed E-state index contributed by atoms with van der Waals surface area (Å²) in [5.74, 6) is -1.23. The zero-order valence-electron chi connectivity index (χ0n) is 19.3. The van der Waals surface area contributed by atoms with Crippen LogP contribution in [0.25, 0.3) is 0 Å². The molecule has 29 heavy (non-hydrogen) atoms. The van der Waals surface area contributed by atoms with E-state index in [9.17, 15) is 19.2 Å². The van der Waals surface area contributed by atoms with Gasteiger partial charge in [0.05, 0.1) is 6.04 Å². The van der Waals surface area contributed by atoms with E-state index >= 15 is 0 Å². The van der Waals surface area contributed by atoms with Crippen molar-refractivity contribution in [1.29, 1.82) is 0 Å². The van der Waals surface area contributed by atoms with E-state index in [1.54, 1.807) is 4.90 Å². The second-order valence-electron chi connectivity index (χ2n) is 10.6. The molecule has 1 saturated carbocycles. The minimum Gasteiger partial charge on any atom is -0.344 e. The Labute approximate surface area is 175 Å². The molecule has 6 heteroatoms. The molecule has 0 radical (unpaired) electrons. The Morgan fingerprint density at radius 1 is 1.17 bits per heavy atom. The van der Waals surface area contributed by atoms with Gasteiger partial charge in [0.25, 0.3) is 0 Å². The number of hydrogen-bond donors (Lipinski definition) is 1. The maximum absolute atomic E-state index is 13.3. The van der Waals surface area contributed by atoms with Gasteiger partial charge in [0.2, 0.25) is 17.6 Å². The Balaban J connectivity index is 2.24. The second-order valence-corrected chi connectivity index (χ2v) is 10.6. The Hall–Kier alpha value is -1.72. The van der Waals surface area contributed by atoms with Crippen LogP contribution in [-0.2, 0) is 19.2 Å². The molecule has 2 aliphatic rings. The molecule has 0 bridgehead atoms. The summed E-state index contributed by atoms with van der Waals surface area (Å²) in [7, 11) is 0. The number of rotatable bonds is 8. The third-order valence-corrected chi connectivity index (χ3v) is 7.26. The van der Waals surface area contributed by atoms with Crippen molar-refractivity contribution in [1.82, 2.24) is 10.2 Å². The smallest absolute Gasteiger partial charge is 0.243 e. The molecule has 2 fully saturated rings. The van der Waals surface area contributed by atoms with E-state index in [-0.39, 0.29) is 34.5 Å². The molecule has 1 aliphatic carbocycles. The van der Waals surface area contributed by atoms with Crippen LogP contribution in [0.1, 0.15) is 74.7 Å². The number of unbranched alkanes of at least 4 members (excludes halogenated alkanes) is 1. The minimum absolute atomic E-state index is 0.00720. The maximum atomic E-state index is 13.3. The molecule has 1 heterocycles. The molecule has 2 rings (SSSR count). The van der Waals surface area contributed by atoms with Crippen LogP contribution >= 0.6 is 0 Å². The quantitative estimate of drug-likeness (QED) is 0.628. The highest BCUT2D eigenvalue weighted by atomic mass is 16.2. The van der Waals surface area contributed by atoms with Crippen molar-refractivity contribution in [3.05, 3.63) is 0 Å². The normalized spacial score (nSPS) is 27.0. The molecular formula is C23H38N2O4. The van der Waals surface area contributed by atoms with E-state index in [1.807, 2.05) is 34.6 Å². The number of nitrogens with one attached hydrogen (secondary N) is 1. The van der Waals surface area contributed by atoms with E-state index in [2.05, 4.69) is 19.2 Å². The van der Waals surface area contributed by atoms with Crippen LogP contribution < -0.4 is 5.32 Å². The fourth-order valence-corrected chi connectivity index (χ4v) is 4.61. The van der Waals surface area contributed by atoms with Crippen molar-refractivity contribution in [3.63, 3.8) is 0 Å². The van der Waals surface area contributed by atoms with Crippen LogP contribution in [0.2, 0.25) is 0 Å². The second kappa shape index (κ2) is 8.19. The molecule has 6 nitrogen and oxygen atoms in total. The third-order valence-electron chi connectivity index (χ3n) is 7.26. The number of carbonyl (C=O) groups is 4. The Morgan fingerprint density at radius 3 is 2.24 bits per heavy atom. The number of hydrogen-bond acceptors (Lipinski definition) is 4. The van der Waals surface area contributed by atoms with Crippen LogP contribution in [-0.4, -0.2) is 46.9 Å². The summed E-state index contributed by atoms with van der Waals surface area (Å²) in [6.07, 6.45) is 2.06. The van der Waals surface area contributed by atoms with Crippen LogP contribution in [0.5, 0.6) is 0 Å². The SMILES string of the molecule is CCCC[C@H](NC(=O)[C@@H]1[C@@H]2[C@H](CN1C(=O)[C@@H](C)C(C)(C)C)C2(C)C)C(=O)C(C)=O. The average Bonchev–Trinajstić information content (AvgIpc) is 2.96. The van der Waals surface area contributed by atoms with Crippen LogP contribution in [0.15, 0.2) is 0 Å². The third kappa shape index (κ3) is 4.56. The van der Waals surface area contributed by atoms with Crippen LogP contribution in [0, 0.1) is 28.6 Å². The lowest BCUT2D eigenvalue weighted by molar-refractivity contribution is -0.146. The summed E-state index contributed by atoms with van der Waals surface area (Å²) < 4.78 is 0. The lowest BCUT2D eigenvalue weighted by Crippen LogP contribution is -2.55. The summed E-state index contributed by atoms with van der Waals surface area (Å²) in [5.41, 5.74) is -0.193.